The molecular formula is C21H19N3O3S. The van der Waals surface area contributed by atoms with Crippen molar-refractivity contribution >= 4 is 34.0 Å². The van der Waals surface area contributed by atoms with E-state index in [1.165, 1.54) is 11.3 Å². The number of nitrogens with one attached hydrogen (secondary N) is 1. The fraction of sp³-hybridized carbons (Fsp3) is 0.190. The largest absolute Gasteiger partial charge is 0.494 e. The van der Waals surface area contributed by atoms with Gasteiger partial charge >= 0.3 is 0 Å². The van der Waals surface area contributed by atoms with Crippen LogP contribution in [0.1, 0.15) is 18.5 Å². The standard InChI is InChI=1S/C21H19N3O3S/c1-3-26-17-7-4-14(5-8-17)21-24-16(12-28-21)11-20(25)23-15-6-9-19-18(10-15)22-13(2)27-19/h4-10,12H,3,11H2,1-2H3,(H,23,25). The Kier molecular flexibility index (Phi) is 5.08. The second-order valence-corrected chi connectivity index (χ2v) is 7.10. The first kappa shape index (κ1) is 18.2. The van der Waals surface area contributed by atoms with Gasteiger partial charge in [-0.05, 0) is 49.4 Å². The maximum absolute atomic E-state index is 12.4. The molecule has 0 aliphatic rings. The van der Waals surface area contributed by atoms with E-state index in [9.17, 15) is 4.79 Å². The Morgan fingerprint density at radius 1 is 1.18 bits per heavy atom. The molecule has 0 saturated carbocycles. The van der Waals surface area contributed by atoms with Gasteiger partial charge in [-0.3, -0.25) is 4.79 Å². The van der Waals surface area contributed by atoms with Crippen molar-refractivity contribution in [1.29, 1.82) is 0 Å². The number of aromatic nitrogens is 2. The molecule has 1 N–H and O–H groups in total. The average Bonchev–Trinajstić information content (AvgIpc) is 3.28. The third-order valence-corrected chi connectivity index (χ3v) is 5.02. The topological polar surface area (TPSA) is 77.2 Å². The molecule has 6 nitrogen and oxygen atoms in total. The van der Waals surface area contributed by atoms with Gasteiger partial charge < -0.3 is 14.5 Å². The number of aryl methyl sites for hydroxylation is 1. The first-order valence-electron chi connectivity index (χ1n) is 8.95. The van der Waals surface area contributed by atoms with Gasteiger partial charge in [0.1, 0.15) is 16.3 Å². The smallest absolute Gasteiger partial charge is 0.230 e. The molecule has 7 heteroatoms. The van der Waals surface area contributed by atoms with E-state index in [0.717, 1.165) is 27.5 Å². The molecule has 28 heavy (non-hydrogen) atoms. The number of hydrogen-bond acceptors (Lipinski definition) is 6. The molecule has 2 aromatic carbocycles. The second-order valence-electron chi connectivity index (χ2n) is 6.24. The molecule has 4 rings (SSSR count). The molecule has 0 bridgehead atoms. The number of thiazole rings is 1. The van der Waals surface area contributed by atoms with Gasteiger partial charge in [0.2, 0.25) is 5.91 Å². The van der Waals surface area contributed by atoms with Crippen LogP contribution in [0.4, 0.5) is 5.69 Å². The van der Waals surface area contributed by atoms with E-state index in [2.05, 4.69) is 15.3 Å². The minimum absolute atomic E-state index is 0.122. The Hall–Kier alpha value is -3.19. The predicted octanol–water partition coefficient (Wildman–Crippen LogP) is 4.84. The number of rotatable bonds is 6. The monoisotopic (exact) mass is 393 g/mol. The Labute approximate surface area is 166 Å². The van der Waals surface area contributed by atoms with Crippen molar-refractivity contribution in [1.82, 2.24) is 9.97 Å². The Morgan fingerprint density at radius 3 is 2.79 bits per heavy atom. The highest BCUT2D eigenvalue weighted by atomic mass is 32.1. The summed E-state index contributed by atoms with van der Waals surface area (Å²) >= 11 is 1.52. The van der Waals surface area contributed by atoms with E-state index in [0.29, 0.717) is 23.8 Å². The average molecular weight is 393 g/mol. The first-order chi connectivity index (χ1) is 13.6. The molecule has 2 heterocycles. The highest BCUT2D eigenvalue weighted by Gasteiger charge is 2.11. The maximum Gasteiger partial charge on any atom is 0.230 e. The lowest BCUT2D eigenvalue weighted by molar-refractivity contribution is -0.115. The second kappa shape index (κ2) is 7.82. The zero-order valence-electron chi connectivity index (χ0n) is 15.6. The number of carbonyl (C=O) groups is 1. The van der Waals surface area contributed by atoms with Crippen LogP contribution in [0.5, 0.6) is 5.75 Å². The molecule has 4 aromatic rings. The molecule has 0 radical (unpaired) electrons. The van der Waals surface area contributed by atoms with Crippen LogP contribution in [0.25, 0.3) is 21.7 Å². The lowest BCUT2D eigenvalue weighted by Crippen LogP contribution is -2.14. The molecule has 0 aliphatic carbocycles. The summed E-state index contributed by atoms with van der Waals surface area (Å²) in [5.74, 6) is 1.31. The molecule has 0 unspecified atom stereocenters. The van der Waals surface area contributed by atoms with E-state index in [-0.39, 0.29) is 12.3 Å². The van der Waals surface area contributed by atoms with Gasteiger partial charge in [0, 0.05) is 23.6 Å². The molecule has 0 fully saturated rings. The summed E-state index contributed by atoms with van der Waals surface area (Å²) in [7, 11) is 0. The van der Waals surface area contributed by atoms with E-state index < -0.39 is 0 Å². The number of nitrogens with zero attached hydrogens (tertiary/aromatic N) is 2. The number of hydrogen-bond donors (Lipinski definition) is 1. The molecular weight excluding hydrogens is 374 g/mol. The Balaban J connectivity index is 1.41. The number of amides is 1. The quantitative estimate of drug-likeness (QED) is 0.507. The van der Waals surface area contributed by atoms with Crippen LogP contribution < -0.4 is 10.1 Å². The minimum atomic E-state index is -0.122. The van der Waals surface area contributed by atoms with Crippen LogP contribution in [-0.2, 0) is 11.2 Å². The number of carbonyl (C=O) groups excluding carboxylic acids is 1. The Morgan fingerprint density at radius 2 is 2.00 bits per heavy atom. The van der Waals surface area contributed by atoms with E-state index in [1.807, 2.05) is 36.6 Å². The highest BCUT2D eigenvalue weighted by Crippen LogP contribution is 2.26. The Bertz CT molecular complexity index is 1120. The van der Waals surface area contributed by atoms with Crippen LogP contribution in [0.15, 0.2) is 52.3 Å². The van der Waals surface area contributed by atoms with E-state index >= 15 is 0 Å². The lowest BCUT2D eigenvalue weighted by atomic mass is 10.2. The molecule has 1 amide bonds. The van der Waals surface area contributed by atoms with Gasteiger partial charge in [-0.25, -0.2) is 9.97 Å². The lowest BCUT2D eigenvalue weighted by Gasteiger charge is -2.04. The summed E-state index contributed by atoms with van der Waals surface area (Å²) < 4.78 is 10.9. The third-order valence-electron chi connectivity index (χ3n) is 4.08. The van der Waals surface area contributed by atoms with Crippen molar-refractivity contribution < 1.29 is 13.9 Å². The van der Waals surface area contributed by atoms with Crippen molar-refractivity contribution in [3.05, 3.63) is 59.4 Å². The molecule has 2 aromatic heterocycles. The number of fused-ring (bicyclic) bond motifs is 1. The normalized spacial score (nSPS) is 10.9. The van der Waals surface area contributed by atoms with Gasteiger partial charge in [0.25, 0.3) is 0 Å². The van der Waals surface area contributed by atoms with Crippen molar-refractivity contribution in [3.63, 3.8) is 0 Å². The van der Waals surface area contributed by atoms with Crippen LogP contribution in [-0.4, -0.2) is 22.5 Å². The molecule has 0 saturated heterocycles. The van der Waals surface area contributed by atoms with Crippen molar-refractivity contribution in [2.75, 3.05) is 11.9 Å². The van der Waals surface area contributed by atoms with Crippen molar-refractivity contribution in [3.8, 4) is 16.3 Å². The van der Waals surface area contributed by atoms with Gasteiger partial charge in [-0.1, -0.05) is 0 Å². The molecule has 0 spiro atoms. The first-order valence-corrected chi connectivity index (χ1v) is 9.83. The summed E-state index contributed by atoms with van der Waals surface area (Å²) in [5, 5.41) is 5.68. The number of oxazole rings is 1. The van der Waals surface area contributed by atoms with Gasteiger partial charge in [0.15, 0.2) is 11.5 Å². The van der Waals surface area contributed by atoms with Crippen LogP contribution in [0.3, 0.4) is 0 Å². The third kappa shape index (κ3) is 4.04. The summed E-state index contributed by atoms with van der Waals surface area (Å²) in [4.78, 5) is 21.2. The molecule has 0 aliphatic heterocycles. The fourth-order valence-electron chi connectivity index (χ4n) is 2.87. The van der Waals surface area contributed by atoms with Crippen molar-refractivity contribution in [2.24, 2.45) is 0 Å². The number of anilines is 1. The molecule has 0 atom stereocenters. The van der Waals surface area contributed by atoms with Crippen LogP contribution in [0.2, 0.25) is 0 Å². The summed E-state index contributed by atoms with van der Waals surface area (Å²) in [6.07, 6.45) is 0.212. The van der Waals surface area contributed by atoms with E-state index in [1.54, 1.807) is 25.1 Å². The van der Waals surface area contributed by atoms with Crippen LogP contribution in [0, 0.1) is 6.92 Å². The summed E-state index contributed by atoms with van der Waals surface area (Å²) in [5.41, 5.74) is 3.86. The van der Waals surface area contributed by atoms with Gasteiger partial charge in [-0.2, -0.15) is 0 Å². The number of ether oxygens (including phenoxy) is 1. The minimum Gasteiger partial charge on any atom is -0.494 e. The predicted molar refractivity (Wildman–Crippen MR) is 110 cm³/mol. The summed E-state index contributed by atoms with van der Waals surface area (Å²) in [6, 6.07) is 13.2. The van der Waals surface area contributed by atoms with Gasteiger partial charge in [-0.15, -0.1) is 11.3 Å². The van der Waals surface area contributed by atoms with Crippen LogP contribution >= 0.6 is 11.3 Å². The zero-order valence-corrected chi connectivity index (χ0v) is 16.4. The zero-order chi connectivity index (χ0) is 19.5. The maximum atomic E-state index is 12.4. The highest BCUT2D eigenvalue weighted by molar-refractivity contribution is 7.13. The fourth-order valence-corrected chi connectivity index (χ4v) is 3.70. The molecule has 142 valence electrons. The van der Waals surface area contributed by atoms with E-state index in [4.69, 9.17) is 9.15 Å². The van der Waals surface area contributed by atoms with Gasteiger partial charge in [0.05, 0.1) is 18.7 Å². The van der Waals surface area contributed by atoms with Crippen molar-refractivity contribution in [2.45, 2.75) is 20.3 Å². The number of benzene rings is 2. The SMILES string of the molecule is CCOc1ccc(-c2nc(CC(=O)Nc3ccc4oc(C)nc4c3)cs2)cc1. The summed E-state index contributed by atoms with van der Waals surface area (Å²) in [6.45, 7) is 4.39.